The first kappa shape index (κ1) is 86.6. The average Bonchev–Trinajstić information content (AvgIpc) is 1.65. The second-order valence-electron chi connectivity index (χ2n) is 33.7. The second-order valence-corrected chi connectivity index (χ2v) is 33.7. The molecule has 11 N–H and O–H groups in total. The molecule has 0 saturated carbocycles. The van der Waals surface area contributed by atoms with E-state index in [1.165, 1.54) is 23.8 Å². The van der Waals surface area contributed by atoms with Crippen LogP contribution in [0.25, 0.3) is 156 Å². The van der Waals surface area contributed by atoms with Crippen molar-refractivity contribution < 1.29 is 23.4 Å². The minimum Gasteiger partial charge on any atom is -0.492 e. The molecule has 10 aromatic carbocycles. The summed E-state index contributed by atoms with van der Waals surface area (Å²) in [5.74, 6) is 5.80. The Morgan fingerprint density at radius 2 is 0.977 bits per heavy atom. The van der Waals surface area contributed by atoms with Crippen molar-refractivity contribution in [3.63, 3.8) is 0 Å². The van der Waals surface area contributed by atoms with Crippen LogP contribution in [-0.4, -0.2) is 201 Å². The molecule has 11 heterocycles. The lowest BCUT2D eigenvalue weighted by molar-refractivity contribution is 0.0322. The van der Waals surface area contributed by atoms with Crippen LogP contribution >= 0.6 is 0 Å². The van der Waals surface area contributed by atoms with Crippen molar-refractivity contribution in [3.05, 3.63) is 259 Å². The summed E-state index contributed by atoms with van der Waals surface area (Å²) in [6.07, 6.45) is 5.53. The molecule has 0 radical (unpaired) electrons. The van der Waals surface area contributed by atoms with Crippen LogP contribution in [0.5, 0.6) is 11.5 Å². The van der Waals surface area contributed by atoms with Crippen LogP contribution in [0.15, 0.2) is 234 Å². The maximum atomic E-state index is 12.5. The van der Waals surface area contributed by atoms with Gasteiger partial charge in [-0.15, -0.1) is 10.2 Å². The summed E-state index contributed by atoms with van der Waals surface area (Å²) in [4.78, 5) is 34.5. The summed E-state index contributed by atoms with van der Waals surface area (Å²) >= 11 is 0. The minimum absolute atomic E-state index is 0.0158. The molecule has 0 bridgehead atoms. The molecule has 0 spiro atoms. The number of rotatable bonds is 21. The summed E-state index contributed by atoms with van der Waals surface area (Å²) in [5, 5.41) is 75.2. The number of fused-ring (bicyclic) bond motifs is 5. The molecule has 19 aromatic rings. The molecule has 32 nitrogen and oxygen atoms in total. The number of aliphatic imine (C=N–C) groups is 1. The molecule has 21 rings (SSSR count). The number of nitrogens with zero attached hydrogens (tertiary/aromatic N) is 16. The number of H-pyrrole nitrogens is 8. The van der Waals surface area contributed by atoms with Crippen LogP contribution in [0.2, 0.25) is 0 Å². The zero-order valence-corrected chi connectivity index (χ0v) is 74.1. The molecular formula is C98H101N27O5. The predicted molar refractivity (Wildman–Crippen MR) is 506 cm³/mol. The summed E-state index contributed by atoms with van der Waals surface area (Å²) in [7, 11) is 4.06. The standard InChI is InChI=1S/C21H22N6O2.C21H23N5.C20H22N6O.C19H20N6O.C17H14N4O/c1-2-15(12-17(3-1)29-11-8-27-6-9-28-10-7-27)20-18-13-16(21-22-14-23-26-21)4-5-19(18)24-25-20;1-5-21(3,4)20-22-19(25-26-20)15-10-11-17-16(12-15)18(24-23-17)14-8-6-13(2)7-9-14;1-20(2,3)23-19(27)14-6-4-5-12(9-14)17-15-10-13(18-21-11-22-26-18)7-8-16(15)24-25-17;1-25(2)9-10-26-15-6-3-13(4-7-15)18-16-11-14(19-20-12-21-24-19)5-8-17(16)22-23-18;1-10-3-5-12(6-4-10)16-14-9-13(7-8-15(14)19-20-16)17-21-18-11(2)22-17/h1-5,12-14H,6-11H2,(H,24,25)(H,22,23,26);6-12H,5H2,1-4H3,(H,23,24)(H,22,25,26);4-11,18,26H,1-3H3,(H,21,22)(H,23,27)(H,24,25);3-8,11-12H,9-10H2,1-2H3,(H,22,23)(H,20,21,24);3-9H,1-2H3,(H,19,20). The third-order valence-electron chi connectivity index (χ3n) is 22.4. The number of carbonyl (C=O) groups is 1. The first-order valence-electron chi connectivity index (χ1n) is 43.0. The third kappa shape index (κ3) is 20.4. The molecule has 130 heavy (non-hydrogen) atoms. The SMILES string of the molecule is CC(C)(C)NC(=O)c1cccc(-c2n[nH]c3ccc(C4N=CNN4)cc23)c1.CCC(C)(C)c1nc(-c2ccc3[nH]nc(-c4ccc(C)cc4)c3c2)n[nH]1.CN(C)CCOc1ccc(-c2n[nH]c3ccc(-c4ncn[nH]4)cc23)cc1.Cc1ccc(-c2n[nH]c3ccc(-c4nnc(C)o4)cc23)cc1.c1cc(OCCN2CCOCC2)cc(-c2n[nH]c3ccc(-c4ncn[nH]4)cc23)c1. The fraction of sp³-hybridized carbons (Fsp3) is 0.235. The zero-order valence-electron chi connectivity index (χ0n) is 74.1. The molecule has 1 unspecified atom stereocenters. The lowest BCUT2D eigenvalue weighted by Crippen LogP contribution is -2.40. The van der Waals surface area contributed by atoms with Crippen LogP contribution in [0.1, 0.15) is 92.9 Å². The Bertz CT molecular complexity index is 7070. The Morgan fingerprint density at radius 3 is 1.48 bits per heavy atom. The van der Waals surface area contributed by atoms with Gasteiger partial charge < -0.3 is 34.3 Å². The fourth-order valence-corrected chi connectivity index (χ4v) is 14.9. The maximum Gasteiger partial charge on any atom is 0.251 e. The van der Waals surface area contributed by atoms with E-state index in [0.29, 0.717) is 30.6 Å². The number of hydrazine groups is 1. The molecule has 2 aliphatic heterocycles. The van der Waals surface area contributed by atoms with E-state index in [4.69, 9.17) is 23.6 Å². The van der Waals surface area contributed by atoms with Crippen molar-refractivity contribution in [3.8, 4) is 113 Å². The zero-order chi connectivity index (χ0) is 89.8. The monoisotopic (exact) mass is 1740 g/mol. The number of carbonyl (C=O) groups excluding carboxylic acids is 1. The van der Waals surface area contributed by atoms with E-state index in [0.717, 1.165) is 219 Å². The van der Waals surface area contributed by atoms with Gasteiger partial charge in [0.25, 0.3) is 5.91 Å². The van der Waals surface area contributed by atoms with E-state index in [9.17, 15) is 4.79 Å². The molecule has 9 aromatic heterocycles. The van der Waals surface area contributed by atoms with Gasteiger partial charge in [-0.05, 0) is 194 Å². The average molecular weight is 1740 g/mol. The summed E-state index contributed by atoms with van der Waals surface area (Å²) in [6.45, 7) is 25.0. The normalized spacial score (nSPS) is 13.3. The number of aryl methyl sites for hydroxylation is 3. The highest BCUT2D eigenvalue weighted by atomic mass is 16.5. The van der Waals surface area contributed by atoms with Crippen LogP contribution in [0, 0.1) is 20.8 Å². The lowest BCUT2D eigenvalue weighted by atomic mass is 9.89. The Hall–Kier alpha value is -15.5. The number of aromatic nitrogens is 21. The lowest BCUT2D eigenvalue weighted by Gasteiger charge is -2.26. The second kappa shape index (κ2) is 38.8. The molecule has 1 fully saturated rings. The summed E-state index contributed by atoms with van der Waals surface area (Å²) < 4.78 is 22.6. The smallest absolute Gasteiger partial charge is 0.251 e. The number of benzene rings is 10. The van der Waals surface area contributed by atoms with Gasteiger partial charge in [0, 0.05) is 127 Å². The van der Waals surface area contributed by atoms with Crippen molar-refractivity contribution in [2.75, 3.05) is 66.7 Å². The van der Waals surface area contributed by atoms with Gasteiger partial charge in [0.1, 0.15) is 55.1 Å². The number of likely N-dealkylation sites (N-methyl/N-ethyl adjacent to an activating group) is 1. The van der Waals surface area contributed by atoms with Crippen molar-refractivity contribution in [2.45, 2.75) is 85.9 Å². The van der Waals surface area contributed by atoms with Gasteiger partial charge in [-0.2, -0.15) is 40.8 Å². The van der Waals surface area contributed by atoms with Gasteiger partial charge in [0.15, 0.2) is 17.5 Å². The number of nitrogens with one attached hydrogen (secondary N) is 11. The number of aromatic amines is 8. The Kier molecular flexibility index (Phi) is 25.8. The number of hydrogen-bond acceptors (Lipinski definition) is 23. The van der Waals surface area contributed by atoms with Gasteiger partial charge >= 0.3 is 0 Å². The van der Waals surface area contributed by atoms with Crippen molar-refractivity contribution >= 4 is 66.8 Å². The van der Waals surface area contributed by atoms with Gasteiger partial charge in [-0.1, -0.05) is 111 Å². The first-order chi connectivity index (χ1) is 63.2. The molecular weight excluding hydrogens is 1640 g/mol. The Morgan fingerprint density at radius 1 is 0.492 bits per heavy atom. The number of morpholine rings is 1. The quantitative estimate of drug-likeness (QED) is 0.0318. The summed E-state index contributed by atoms with van der Waals surface area (Å²) in [5.41, 5.74) is 28.1. The number of amides is 1. The van der Waals surface area contributed by atoms with Crippen molar-refractivity contribution in [1.29, 1.82) is 0 Å². The van der Waals surface area contributed by atoms with E-state index in [2.05, 4.69) is 240 Å². The highest BCUT2D eigenvalue weighted by molar-refractivity contribution is 6.01. The maximum absolute atomic E-state index is 12.5. The molecule has 0 aliphatic carbocycles. The Balaban J connectivity index is 0.000000114. The first-order valence-corrected chi connectivity index (χ1v) is 43.0. The number of hydrogen-bond donors (Lipinski definition) is 11. The highest BCUT2D eigenvalue weighted by Gasteiger charge is 2.26. The van der Waals surface area contributed by atoms with E-state index in [1.807, 2.05) is 174 Å². The predicted octanol–water partition coefficient (Wildman–Crippen LogP) is 17.5. The van der Waals surface area contributed by atoms with Crippen molar-refractivity contribution in [2.24, 2.45) is 4.99 Å². The third-order valence-corrected chi connectivity index (χ3v) is 22.4. The van der Waals surface area contributed by atoms with E-state index >= 15 is 0 Å². The van der Waals surface area contributed by atoms with E-state index < -0.39 is 0 Å². The van der Waals surface area contributed by atoms with Crippen LogP contribution < -0.4 is 25.6 Å². The molecule has 2 aliphatic rings. The van der Waals surface area contributed by atoms with E-state index in [-0.39, 0.29) is 23.0 Å². The molecule has 1 amide bonds. The fourth-order valence-electron chi connectivity index (χ4n) is 14.9. The van der Waals surface area contributed by atoms with Gasteiger partial charge in [-0.25, -0.2) is 25.4 Å². The highest BCUT2D eigenvalue weighted by Crippen LogP contribution is 2.38. The van der Waals surface area contributed by atoms with Crippen LogP contribution in [0.3, 0.4) is 0 Å². The van der Waals surface area contributed by atoms with Gasteiger partial charge in [0.2, 0.25) is 11.8 Å². The molecule has 32 heteroatoms. The van der Waals surface area contributed by atoms with Crippen molar-refractivity contribution in [1.82, 2.24) is 133 Å². The minimum atomic E-state index is -0.288. The van der Waals surface area contributed by atoms with Crippen LogP contribution in [0.4, 0.5) is 0 Å². The Labute approximate surface area is 748 Å². The largest absolute Gasteiger partial charge is 0.492 e. The van der Waals surface area contributed by atoms with Gasteiger partial charge in [0.05, 0.1) is 69.9 Å². The van der Waals surface area contributed by atoms with Gasteiger partial charge in [-0.3, -0.25) is 50.5 Å². The molecule has 1 atom stereocenters. The number of ether oxygens (including phenoxy) is 3. The summed E-state index contributed by atoms with van der Waals surface area (Å²) in [6, 6.07) is 70.7. The molecule has 1 saturated heterocycles. The molecule has 658 valence electrons. The van der Waals surface area contributed by atoms with E-state index in [1.54, 1.807) is 13.3 Å². The van der Waals surface area contributed by atoms with Crippen LogP contribution in [-0.2, 0) is 10.2 Å². The topological polar surface area (TPSA) is 407 Å².